The van der Waals surface area contributed by atoms with E-state index in [0.29, 0.717) is 21.8 Å². The van der Waals surface area contributed by atoms with Crippen molar-refractivity contribution in [3.63, 3.8) is 0 Å². The lowest BCUT2D eigenvalue weighted by Gasteiger charge is -2.09. The summed E-state index contributed by atoms with van der Waals surface area (Å²) in [6.07, 6.45) is 0. The van der Waals surface area contributed by atoms with Crippen LogP contribution < -0.4 is 4.74 Å². The van der Waals surface area contributed by atoms with Crippen LogP contribution >= 0.6 is 11.8 Å². The number of benzene rings is 1. The van der Waals surface area contributed by atoms with Crippen molar-refractivity contribution < 1.29 is 14.3 Å². The zero-order chi connectivity index (χ0) is 14.0. The van der Waals surface area contributed by atoms with Crippen molar-refractivity contribution in [2.75, 3.05) is 19.9 Å². The molecule has 2 rings (SSSR count). The second-order valence-electron chi connectivity index (χ2n) is 4.01. The number of likely N-dealkylation sites (N-methyl/N-ethyl adjacent to an activating group) is 1. The van der Waals surface area contributed by atoms with Gasteiger partial charge < -0.3 is 4.74 Å². The van der Waals surface area contributed by atoms with Crippen LogP contribution in [0.4, 0.5) is 0 Å². The van der Waals surface area contributed by atoms with E-state index >= 15 is 0 Å². The van der Waals surface area contributed by atoms with Crippen molar-refractivity contribution >= 4 is 29.1 Å². The molecule has 0 spiro atoms. The van der Waals surface area contributed by atoms with E-state index in [1.54, 1.807) is 19.2 Å². The fraction of sp³-hybridized carbons (Fsp3) is 0.286. The maximum Gasteiger partial charge on any atom is 0.267 e. The Balaban J connectivity index is 2.62. The van der Waals surface area contributed by atoms with Crippen molar-refractivity contribution in [1.82, 2.24) is 4.90 Å². The highest BCUT2D eigenvalue weighted by atomic mass is 32.2. The molecule has 0 unspecified atom stereocenters. The summed E-state index contributed by atoms with van der Waals surface area (Å²) in [4.78, 5) is 26.0. The van der Waals surface area contributed by atoms with Crippen molar-refractivity contribution in [3.05, 3.63) is 34.7 Å². The molecule has 0 aliphatic carbocycles. The minimum atomic E-state index is -0.273. The lowest BCUT2D eigenvalue weighted by atomic mass is 10.1. The number of thioether (sulfide) groups is 1. The molecule has 1 heterocycles. The lowest BCUT2D eigenvalue weighted by molar-refractivity contribution is -0.134. The Bertz CT molecular complexity index is 566. The van der Waals surface area contributed by atoms with Gasteiger partial charge in [-0.25, -0.2) is 0 Å². The van der Waals surface area contributed by atoms with E-state index in [0.717, 1.165) is 10.7 Å². The molecule has 0 atom stereocenters. The monoisotopic (exact) mass is 277 g/mol. The molecule has 0 N–H and O–H groups in total. The van der Waals surface area contributed by atoms with Crippen molar-refractivity contribution in [3.8, 4) is 5.75 Å². The Labute approximate surface area is 116 Å². The molecule has 1 aromatic carbocycles. The number of carbonyl (C=O) groups is 2. The van der Waals surface area contributed by atoms with E-state index in [1.165, 1.54) is 18.8 Å². The van der Waals surface area contributed by atoms with Gasteiger partial charge in [0.1, 0.15) is 5.75 Å². The number of ether oxygens (including phenoxy) is 1. The lowest BCUT2D eigenvalue weighted by Crippen LogP contribution is -2.26. The molecular weight excluding hydrogens is 262 g/mol. The van der Waals surface area contributed by atoms with Crippen LogP contribution in [-0.2, 0) is 9.59 Å². The maximum absolute atomic E-state index is 12.2. The van der Waals surface area contributed by atoms with Gasteiger partial charge in [-0.15, -0.1) is 11.8 Å². The van der Waals surface area contributed by atoms with Gasteiger partial charge >= 0.3 is 0 Å². The number of imide groups is 1. The Morgan fingerprint density at radius 1 is 1.21 bits per heavy atom. The first-order valence-electron chi connectivity index (χ1n) is 5.94. The number of hydrogen-bond donors (Lipinski definition) is 0. The highest BCUT2D eigenvalue weighted by Crippen LogP contribution is 2.38. The van der Waals surface area contributed by atoms with Crippen LogP contribution in [0, 0.1) is 0 Å². The van der Waals surface area contributed by atoms with Gasteiger partial charge in [-0.05, 0) is 11.8 Å². The Morgan fingerprint density at radius 2 is 1.89 bits per heavy atom. The van der Waals surface area contributed by atoms with Gasteiger partial charge in [-0.3, -0.25) is 14.5 Å². The largest absolute Gasteiger partial charge is 0.496 e. The number of carbonyl (C=O) groups excluding carboxylic acids is 2. The van der Waals surface area contributed by atoms with Crippen LogP contribution in [0.2, 0.25) is 0 Å². The molecule has 0 radical (unpaired) electrons. The summed E-state index contributed by atoms with van der Waals surface area (Å²) >= 11 is 1.39. The molecule has 0 saturated heterocycles. The average molecular weight is 277 g/mol. The van der Waals surface area contributed by atoms with Gasteiger partial charge in [0.15, 0.2) is 0 Å². The van der Waals surface area contributed by atoms with Gasteiger partial charge in [0.2, 0.25) is 0 Å². The minimum Gasteiger partial charge on any atom is -0.496 e. The molecule has 1 aromatic rings. The predicted molar refractivity (Wildman–Crippen MR) is 75.8 cm³/mol. The molecule has 5 heteroatoms. The first kappa shape index (κ1) is 13.7. The van der Waals surface area contributed by atoms with E-state index in [-0.39, 0.29) is 11.8 Å². The Morgan fingerprint density at radius 3 is 2.53 bits per heavy atom. The molecule has 2 amide bonds. The molecule has 0 bridgehead atoms. The highest BCUT2D eigenvalue weighted by Gasteiger charge is 2.37. The maximum atomic E-state index is 12.2. The smallest absolute Gasteiger partial charge is 0.267 e. The summed E-state index contributed by atoms with van der Waals surface area (Å²) < 4.78 is 5.28. The van der Waals surface area contributed by atoms with Gasteiger partial charge in [-0.2, -0.15) is 0 Å². The SMILES string of the molecule is CCSC1=C(c2ccccc2OC)C(=O)N(C)C1=O. The number of rotatable bonds is 4. The van der Waals surface area contributed by atoms with Crippen molar-refractivity contribution in [1.29, 1.82) is 0 Å². The normalized spacial score (nSPS) is 15.4. The van der Waals surface area contributed by atoms with Gasteiger partial charge in [0, 0.05) is 12.6 Å². The molecule has 0 saturated carbocycles. The minimum absolute atomic E-state index is 0.238. The summed E-state index contributed by atoms with van der Waals surface area (Å²) in [5, 5.41) is 0. The van der Waals surface area contributed by atoms with E-state index in [9.17, 15) is 9.59 Å². The number of nitrogens with zero attached hydrogens (tertiary/aromatic N) is 1. The van der Waals surface area contributed by atoms with Gasteiger partial charge in [0.25, 0.3) is 11.8 Å². The van der Waals surface area contributed by atoms with E-state index in [2.05, 4.69) is 0 Å². The fourth-order valence-electron chi connectivity index (χ4n) is 1.98. The molecule has 1 aliphatic heterocycles. The van der Waals surface area contributed by atoms with Crippen LogP contribution in [0.25, 0.3) is 5.57 Å². The summed E-state index contributed by atoms with van der Waals surface area (Å²) in [5.41, 5.74) is 1.11. The first-order chi connectivity index (χ1) is 9.11. The summed E-state index contributed by atoms with van der Waals surface area (Å²) in [7, 11) is 3.06. The standard InChI is InChI=1S/C14H15NO3S/c1-4-19-12-11(13(16)15(2)14(12)17)9-7-5-6-8-10(9)18-3/h5-8H,4H2,1-3H3. The Hall–Kier alpha value is -1.75. The Kier molecular flexibility index (Phi) is 3.95. The van der Waals surface area contributed by atoms with Crippen molar-refractivity contribution in [2.45, 2.75) is 6.92 Å². The third-order valence-corrected chi connectivity index (χ3v) is 3.87. The van der Waals surface area contributed by atoms with Crippen LogP contribution in [0.3, 0.4) is 0 Å². The van der Waals surface area contributed by atoms with Crippen LogP contribution in [0.5, 0.6) is 5.75 Å². The van der Waals surface area contributed by atoms with Crippen LogP contribution in [-0.4, -0.2) is 36.6 Å². The zero-order valence-electron chi connectivity index (χ0n) is 11.1. The fourth-order valence-corrected chi connectivity index (χ4v) is 2.87. The zero-order valence-corrected chi connectivity index (χ0v) is 11.9. The summed E-state index contributed by atoms with van der Waals surface area (Å²) in [6, 6.07) is 7.25. The van der Waals surface area contributed by atoms with Crippen LogP contribution in [0.15, 0.2) is 29.2 Å². The van der Waals surface area contributed by atoms with Gasteiger partial charge in [-0.1, -0.05) is 25.1 Å². The van der Waals surface area contributed by atoms with Crippen molar-refractivity contribution in [2.24, 2.45) is 0 Å². The molecular formula is C14H15NO3S. The van der Waals surface area contributed by atoms with E-state index < -0.39 is 0 Å². The number of para-hydroxylation sites is 1. The first-order valence-corrected chi connectivity index (χ1v) is 6.93. The number of methoxy groups -OCH3 is 1. The van der Waals surface area contributed by atoms with E-state index in [1.807, 2.05) is 19.1 Å². The molecule has 1 aliphatic rings. The highest BCUT2D eigenvalue weighted by molar-refractivity contribution is 8.04. The third kappa shape index (κ3) is 2.26. The van der Waals surface area contributed by atoms with Gasteiger partial charge in [0.05, 0.1) is 17.6 Å². The van der Waals surface area contributed by atoms with E-state index in [4.69, 9.17) is 4.74 Å². The number of amides is 2. The summed E-state index contributed by atoms with van der Waals surface area (Å²) in [5.74, 6) is 0.826. The molecule has 19 heavy (non-hydrogen) atoms. The second kappa shape index (κ2) is 5.48. The quantitative estimate of drug-likeness (QED) is 0.791. The van der Waals surface area contributed by atoms with Crippen LogP contribution in [0.1, 0.15) is 12.5 Å². The topological polar surface area (TPSA) is 46.6 Å². The molecule has 0 fully saturated rings. The predicted octanol–water partition coefficient (Wildman–Crippen LogP) is 2.16. The number of hydrogen-bond acceptors (Lipinski definition) is 4. The molecule has 100 valence electrons. The average Bonchev–Trinajstić information content (AvgIpc) is 2.64. The molecule has 4 nitrogen and oxygen atoms in total. The second-order valence-corrected chi connectivity index (χ2v) is 5.28. The molecule has 0 aromatic heterocycles. The summed E-state index contributed by atoms with van der Waals surface area (Å²) in [6.45, 7) is 1.95. The third-order valence-electron chi connectivity index (χ3n) is 2.91.